The van der Waals surface area contributed by atoms with Gasteiger partial charge in [0.2, 0.25) is 0 Å². The van der Waals surface area contributed by atoms with E-state index >= 15 is 0 Å². The molecule has 2 nitrogen and oxygen atoms in total. The third-order valence-electron chi connectivity index (χ3n) is 2.88. The summed E-state index contributed by atoms with van der Waals surface area (Å²) in [5.74, 6) is 0.620. The van der Waals surface area contributed by atoms with E-state index in [2.05, 4.69) is 19.9 Å². The number of allylic oxidation sites excluding steroid dienone is 2. The monoisotopic (exact) mass is 276 g/mol. The lowest BCUT2D eigenvalue weighted by Gasteiger charge is -2.34. The van der Waals surface area contributed by atoms with Gasteiger partial charge in [0, 0.05) is 23.7 Å². The lowest BCUT2D eigenvalue weighted by molar-refractivity contribution is -0.0264. The molecule has 0 N–H and O–H groups in total. The van der Waals surface area contributed by atoms with Crippen molar-refractivity contribution in [1.29, 1.82) is 0 Å². The second-order valence-corrected chi connectivity index (χ2v) is 5.96. The number of rotatable bonds is 10. The molecule has 0 aliphatic carbocycles. The fourth-order valence-corrected chi connectivity index (χ4v) is 2.30. The van der Waals surface area contributed by atoms with E-state index in [1.807, 2.05) is 20.8 Å². The van der Waals surface area contributed by atoms with Crippen LogP contribution in [0.3, 0.4) is 0 Å². The van der Waals surface area contributed by atoms with Crippen LogP contribution in [0.15, 0.2) is 11.1 Å². The molecule has 0 heterocycles. The van der Waals surface area contributed by atoms with E-state index in [1.165, 1.54) is 0 Å². The topological polar surface area (TPSA) is 18.5 Å². The van der Waals surface area contributed by atoms with Crippen LogP contribution in [0.4, 0.5) is 0 Å². The zero-order chi connectivity index (χ0) is 14.0. The average molecular weight is 277 g/mol. The standard InChI is InChI=1S/C15H29ClO2/c1-6-17-11-15(10-13(3)4,12-18-7-2)9-8-14(5)16/h8,13H,6-7,9-12H2,1-5H3. The first-order chi connectivity index (χ1) is 8.45. The van der Waals surface area contributed by atoms with Gasteiger partial charge in [0.05, 0.1) is 13.2 Å². The Balaban J connectivity index is 4.78. The van der Waals surface area contributed by atoms with Crippen molar-refractivity contribution in [3.8, 4) is 0 Å². The molecule has 0 aliphatic heterocycles. The van der Waals surface area contributed by atoms with Crippen molar-refractivity contribution in [3.05, 3.63) is 11.1 Å². The highest BCUT2D eigenvalue weighted by Crippen LogP contribution is 2.33. The molecule has 0 aliphatic rings. The third kappa shape index (κ3) is 8.12. The molecular formula is C15H29ClO2. The third-order valence-corrected chi connectivity index (χ3v) is 3.04. The van der Waals surface area contributed by atoms with E-state index in [0.717, 1.165) is 44.3 Å². The summed E-state index contributed by atoms with van der Waals surface area (Å²) in [7, 11) is 0. The Kier molecular flexibility index (Phi) is 9.80. The number of ether oxygens (including phenoxy) is 2. The first-order valence-electron chi connectivity index (χ1n) is 6.93. The minimum atomic E-state index is 0.0519. The molecule has 3 heteroatoms. The van der Waals surface area contributed by atoms with Gasteiger partial charge in [-0.25, -0.2) is 0 Å². The predicted molar refractivity (Wildman–Crippen MR) is 79.1 cm³/mol. The highest BCUT2D eigenvalue weighted by Gasteiger charge is 2.30. The molecule has 0 spiro atoms. The number of hydrogen-bond acceptors (Lipinski definition) is 2. The van der Waals surface area contributed by atoms with Gasteiger partial charge in [-0.2, -0.15) is 0 Å². The minimum Gasteiger partial charge on any atom is -0.381 e. The summed E-state index contributed by atoms with van der Waals surface area (Å²) >= 11 is 5.97. The van der Waals surface area contributed by atoms with E-state index in [0.29, 0.717) is 5.92 Å². The van der Waals surface area contributed by atoms with Crippen molar-refractivity contribution < 1.29 is 9.47 Å². The smallest absolute Gasteiger partial charge is 0.0547 e. The molecule has 0 saturated carbocycles. The molecule has 0 unspecified atom stereocenters. The van der Waals surface area contributed by atoms with Crippen LogP contribution in [0.2, 0.25) is 0 Å². The Hall–Kier alpha value is -0.0500. The van der Waals surface area contributed by atoms with Crippen LogP contribution in [0.25, 0.3) is 0 Å². The molecule has 0 atom stereocenters. The quantitative estimate of drug-likeness (QED) is 0.579. The molecular weight excluding hydrogens is 248 g/mol. The minimum absolute atomic E-state index is 0.0519. The van der Waals surface area contributed by atoms with Gasteiger partial charge >= 0.3 is 0 Å². The van der Waals surface area contributed by atoms with Crippen LogP contribution in [-0.4, -0.2) is 26.4 Å². The lowest BCUT2D eigenvalue weighted by Crippen LogP contribution is -2.34. The summed E-state index contributed by atoms with van der Waals surface area (Å²) in [6.45, 7) is 13.4. The fraction of sp³-hybridized carbons (Fsp3) is 0.867. The van der Waals surface area contributed by atoms with Gasteiger partial charge in [0.15, 0.2) is 0 Å². The molecule has 0 aromatic carbocycles. The van der Waals surface area contributed by atoms with E-state index in [4.69, 9.17) is 21.1 Å². The fourth-order valence-electron chi connectivity index (χ4n) is 2.22. The molecule has 0 aromatic rings. The van der Waals surface area contributed by atoms with E-state index in [9.17, 15) is 0 Å². The molecule has 18 heavy (non-hydrogen) atoms. The number of halogens is 1. The van der Waals surface area contributed by atoms with Crippen LogP contribution in [-0.2, 0) is 9.47 Å². The Morgan fingerprint density at radius 3 is 2.00 bits per heavy atom. The molecule has 0 rings (SSSR count). The lowest BCUT2D eigenvalue weighted by atomic mass is 9.78. The molecule has 0 saturated heterocycles. The van der Waals surface area contributed by atoms with Gasteiger partial charge in [-0.15, -0.1) is 0 Å². The maximum Gasteiger partial charge on any atom is 0.0547 e. The Morgan fingerprint density at radius 1 is 1.17 bits per heavy atom. The second kappa shape index (κ2) is 9.82. The first-order valence-corrected chi connectivity index (χ1v) is 7.31. The van der Waals surface area contributed by atoms with Crippen LogP contribution in [0, 0.1) is 11.3 Å². The summed E-state index contributed by atoms with van der Waals surface area (Å²) < 4.78 is 11.4. The molecule has 0 fully saturated rings. The first kappa shape index (κ1) is 17.9. The molecule has 0 bridgehead atoms. The van der Waals surface area contributed by atoms with Gasteiger partial charge in [-0.1, -0.05) is 31.5 Å². The summed E-state index contributed by atoms with van der Waals surface area (Å²) in [5.41, 5.74) is 0.0519. The SMILES string of the molecule is CCOCC(CC=C(C)Cl)(COCC)CC(C)C. The normalized spacial score (nSPS) is 13.4. The van der Waals surface area contributed by atoms with Crippen molar-refractivity contribution in [3.63, 3.8) is 0 Å². The predicted octanol–water partition coefficient (Wildman–Crippen LogP) is 4.62. The van der Waals surface area contributed by atoms with Crippen molar-refractivity contribution >= 4 is 11.6 Å². The average Bonchev–Trinajstić information content (AvgIpc) is 2.30. The van der Waals surface area contributed by atoms with Crippen LogP contribution in [0.1, 0.15) is 47.5 Å². The van der Waals surface area contributed by atoms with Crippen molar-refractivity contribution in [2.24, 2.45) is 11.3 Å². The Bertz CT molecular complexity index is 225. The van der Waals surface area contributed by atoms with Crippen LogP contribution < -0.4 is 0 Å². The van der Waals surface area contributed by atoms with E-state index < -0.39 is 0 Å². The zero-order valence-electron chi connectivity index (χ0n) is 12.6. The second-order valence-electron chi connectivity index (χ2n) is 5.37. The van der Waals surface area contributed by atoms with Crippen molar-refractivity contribution in [2.45, 2.75) is 47.5 Å². The van der Waals surface area contributed by atoms with Crippen LogP contribution in [0.5, 0.6) is 0 Å². The highest BCUT2D eigenvalue weighted by molar-refractivity contribution is 6.29. The summed E-state index contributed by atoms with van der Waals surface area (Å²) in [6, 6.07) is 0. The summed E-state index contributed by atoms with van der Waals surface area (Å²) in [5, 5.41) is 0.844. The summed E-state index contributed by atoms with van der Waals surface area (Å²) in [6.07, 6.45) is 4.09. The van der Waals surface area contributed by atoms with Crippen molar-refractivity contribution in [2.75, 3.05) is 26.4 Å². The molecule has 108 valence electrons. The molecule has 0 amide bonds. The van der Waals surface area contributed by atoms with Gasteiger partial charge in [0.1, 0.15) is 0 Å². The van der Waals surface area contributed by atoms with Gasteiger partial charge in [0.25, 0.3) is 0 Å². The Labute approximate surface area is 118 Å². The maximum absolute atomic E-state index is 5.97. The maximum atomic E-state index is 5.97. The number of hydrogen-bond donors (Lipinski definition) is 0. The summed E-state index contributed by atoms with van der Waals surface area (Å²) in [4.78, 5) is 0. The van der Waals surface area contributed by atoms with Gasteiger partial charge in [-0.3, -0.25) is 0 Å². The molecule has 0 radical (unpaired) electrons. The molecule has 0 aromatic heterocycles. The van der Waals surface area contributed by atoms with Gasteiger partial charge in [-0.05, 0) is 39.5 Å². The highest BCUT2D eigenvalue weighted by atomic mass is 35.5. The zero-order valence-corrected chi connectivity index (χ0v) is 13.3. The largest absolute Gasteiger partial charge is 0.381 e. The van der Waals surface area contributed by atoms with Crippen LogP contribution >= 0.6 is 11.6 Å². The van der Waals surface area contributed by atoms with Crippen molar-refractivity contribution in [1.82, 2.24) is 0 Å². The Morgan fingerprint density at radius 2 is 1.67 bits per heavy atom. The van der Waals surface area contributed by atoms with Gasteiger partial charge < -0.3 is 9.47 Å². The van der Waals surface area contributed by atoms with E-state index in [1.54, 1.807) is 0 Å². The van der Waals surface area contributed by atoms with E-state index in [-0.39, 0.29) is 5.41 Å².